The average molecular weight is 429 g/mol. The Labute approximate surface area is 188 Å². The molecule has 0 saturated carbocycles. The lowest BCUT2D eigenvalue weighted by atomic mass is 9.65. The molecule has 3 aromatic rings. The van der Waals surface area contributed by atoms with Crippen molar-refractivity contribution in [3.63, 3.8) is 0 Å². The van der Waals surface area contributed by atoms with Gasteiger partial charge in [-0.1, -0.05) is 56.3 Å². The molecule has 1 amide bonds. The molecule has 1 heterocycles. The summed E-state index contributed by atoms with van der Waals surface area (Å²) in [4.78, 5) is 26.4. The van der Waals surface area contributed by atoms with Crippen LogP contribution in [-0.2, 0) is 11.8 Å². The summed E-state index contributed by atoms with van der Waals surface area (Å²) in [6, 6.07) is 22.6. The molecule has 1 aliphatic heterocycles. The molecule has 0 saturated heterocycles. The van der Waals surface area contributed by atoms with Crippen molar-refractivity contribution in [3.8, 4) is 0 Å². The first-order valence-corrected chi connectivity index (χ1v) is 11.0. The Hall–Kier alpha value is -3.47. The number of amides is 1. The Morgan fingerprint density at radius 3 is 2.19 bits per heavy atom. The first-order chi connectivity index (χ1) is 15.2. The lowest BCUT2D eigenvalue weighted by molar-refractivity contribution is -0.384. The highest BCUT2D eigenvalue weighted by Crippen LogP contribution is 2.50. The van der Waals surface area contributed by atoms with E-state index in [-0.39, 0.29) is 16.5 Å². The van der Waals surface area contributed by atoms with Crippen LogP contribution in [0.25, 0.3) is 0 Å². The SMILES string of the molecule is CCc1ccc(C(=O)N2c3ccccc3C(C)(c3ccc([N+](=O)[O-])cc3)CC2(C)C)cc1. The van der Waals surface area contributed by atoms with Crippen LogP contribution in [0, 0.1) is 10.1 Å². The number of nitrogens with zero attached hydrogens (tertiary/aromatic N) is 2. The van der Waals surface area contributed by atoms with E-state index in [9.17, 15) is 14.9 Å². The van der Waals surface area contributed by atoms with Crippen LogP contribution in [0.2, 0.25) is 0 Å². The van der Waals surface area contributed by atoms with Crippen LogP contribution >= 0.6 is 0 Å². The van der Waals surface area contributed by atoms with E-state index in [0.717, 1.165) is 23.2 Å². The molecule has 5 nitrogen and oxygen atoms in total. The highest BCUT2D eigenvalue weighted by Gasteiger charge is 2.47. The van der Waals surface area contributed by atoms with E-state index >= 15 is 0 Å². The number of anilines is 1. The zero-order chi connectivity index (χ0) is 23.1. The first-order valence-electron chi connectivity index (χ1n) is 11.0. The fraction of sp³-hybridized carbons (Fsp3) is 0.296. The molecule has 0 aliphatic carbocycles. The summed E-state index contributed by atoms with van der Waals surface area (Å²) in [6.07, 6.45) is 1.62. The minimum Gasteiger partial charge on any atom is -0.302 e. The van der Waals surface area contributed by atoms with Gasteiger partial charge in [-0.3, -0.25) is 14.9 Å². The minimum absolute atomic E-state index is 0.0177. The Morgan fingerprint density at radius 1 is 0.969 bits per heavy atom. The Balaban J connectivity index is 1.82. The lowest BCUT2D eigenvalue weighted by Gasteiger charge is -2.51. The van der Waals surface area contributed by atoms with Gasteiger partial charge in [0.05, 0.1) is 4.92 Å². The summed E-state index contributed by atoms with van der Waals surface area (Å²) < 4.78 is 0. The number of nitro benzene ring substituents is 1. The molecule has 1 unspecified atom stereocenters. The minimum atomic E-state index is -0.467. The van der Waals surface area contributed by atoms with Crippen LogP contribution in [0.4, 0.5) is 11.4 Å². The fourth-order valence-electron chi connectivity index (χ4n) is 5.11. The summed E-state index contributed by atoms with van der Waals surface area (Å²) in [5.41, 5.74) is 4.02. The van der Waals surface area contributed by atoms with E-state index < -0.39 is 11.0 Å². The average Bonchev–Trinajstić information content (AvgIpc) is 2.78. The van der Waals surface area contributed by atoms with Crippen LogP contribution in [-0.4, -0.2) is 16.4 Å². The van der Waals surface area contributed by atoms with Gasteiger partial charge in [-0.15, -0.1) is 0 Å². The molecule has 4 rings (SSSR count). The van der Waals surface area contributed by atoms with Gasteiger partial charge in [-0.2, -0.15) is 0 Å². The second kappa shape index (κ2) is 7.90. The van der Waals surface area contributed by atoms with E-state index in [1.54, 1.807) is 12.1 Å². The van der Waals surface area contributed by atoms with Gasteiger partial charge in [0.15, 0.2) is 0 Å². The number of hydrogen-bond acceptors (Lipinski definition) is 3. The summed E-state index contributed by atoms with van der Waals surface area (Å²) in [5.74, 6) is -0.0177. The van der Waals surface area contributed by atoms with Crippen molar-refractivity contribution in [2.75, 3.05) is 4.90 Å². The second-order valence-electron chi connectivity index (χ2n) is 9.33. The molecule has 5 heteroatoms. The predicted molar refractivity (Wildman–Crippen MR) is 127 cm³/mol. The smallest absolute Gasteiger partial charge is 0.269 e. The molecule has 164 valence electrons. The number of aryl methyl sites for hydroxylation is 1. The Kier molecular flexibility index (Phi) is 5.37. The lowest BCUT2D eigenvalue weighted by Crippen LogP contribution is -2.55. The largest absolute Gasteiger partial charge is 0.302 e. The quantitative estimate of drug-likeness (QED) is 0.362. The van der Waals surface area contributed by atoms with Crippen LogP contribution in [0.5, 0.6) is 0 Å². The molecule has 0 aromatic heterocycles. The molecule has 0 radical (unpaired) electrons. The van der Waals surface area contributed by atoms with Gasteiger partial charge in [0, 0.05) is 34.3 Å². The van der Waals surface area contributed by atoms with Crippen molar-refractivity contribution in [3.05, 3.63) is 105 Å². The van der Waals surface area contributed by atoms with Crippen LogP contribution in [0.1, 0.15) is 61.2 Å². The summed E-state index contributed by atoms with van der Waals surface area (Å²) in [5, 5.41) is 11.1. The number of nitro groups is 1. The van der Waals surface area contributed by atoms with E-state index in [1.165, 1.54) is 5.56 Å². The summed E-state index contributed by atoms with van der Waals surface area (Å²) in [6.45, 7) is 8.43. The Morgan fingerprint density at radius 2 is 1.59 bits per heavy atom. The number of non-ortho nitro benzene ring substituents is 1. The molecule has 1 aliphatic rings. The van der Waals surface area contributed by atoms with Gasteiger partial charge in [-0.25, -0.2) is 0 Å². The molecular formula is C27H28N2O3. The van der Waals surface area contributed by atoms with Gasteiger partial charge >= 0.3 is 0 Å². The van der Waals surface area contributed by atoms with Gasteiger partial charge in [0.1, 0.15) is 0 Å². The van der Waals surface area contributed by atoms with Crippen molar-refractivity contribution in [2.45, 2.75) is 51.5 Å². The maximum absolute atomic E-state index is 13.7. The number of carbonyl (C=O) groups excluding carboxylic acids is 1. The van der Waals surface area contributed by atoms with Crippen LogP contribution < -0.4 is 4.90 Å². The standard InChI is InChI=1S/C27H28N2O3/c1-5-19-10-12-20(13-11-19)25(30)28-24-9-7-6-8-23(24)27(4,18-26(28,2)3)21-14-16-22(17-15-21)29(31)32/h6-17H,5,18H2,1-4H3. The number of benzene rings is 3. The number of hydrogen-bond donors (Lipinski definition) is 0. The van der Waals surface area contributed by atoms with Crippen molar-refractivity contribution >= 4 is 17.3 Å². The maximum atomic E-state index is 13.7. The monoisotopic (exact) mass is 428 g/mol. The zero-order valence-corrected chi connectivity index (χ0v) is 19.0. The van der Waals surface area contributed by atoms with Crippen LogP contribution in [0.15, 0.2) is 72.8 Å². The fourth-order valence-corrected chi connectivity index (χ4v) is 5.11. The third-order valence-corrected chi connectivity index (χ3v) is 6.66. The summed E-state index contributed by atoms with van der Waals surface area (Å²) >= 11 is 0. The molecule has 32 heavy (non-hydrogen) atoms. The van der Waals surface area contributed by atoms with E-state index in [0.29, 0.717) is 12.0 Å². The molecule has 1 atom stereocenters. The van der Waals surface area contributed by atoms with Crippen molar-refractivity contribution in [2.24, 2.45) is 0 Å². The third kappa shape index (κ3) is 3.58. The first kappa shape index (κ1) is 21.8. The topological polar surface area (TPSA) is 63.5 Å². The zero-order valence-electron chi connectivity index (χ0n) is 19.0. The van der Waals surface area contributed by atoms with E-state index in [2.05, 4.69) is 33.8 Å². The molecule has 0 bridgehead atoms. The van der Waals surface area contributed by atoms with E-state index in [4.69, 9.17) is 0 Å². The number of para-hydroxylation sites is 1. The Bertz CT molecular complexity index is 1170. The number of carbonyl (C=O) groups is 1. The normalized spacial score (nSPS) is 19.3. The summed E-state index contributed by atoms with van der Waals surface area (Å²) in [7, 11) is 0. The highest BCUT2D eigenvalue weighted by atomic mass is 16.6. The van der Waals surface area contributed by atoms with Crippen molar-refractivity contribution < 1.29 is 9.72 Å². The van der Waals surface area contributed by atoms with Crippen LogP contribution in [0.3, 0.4) is 0 Å². The second-order valence-corrected chi connectivity index (χ2v) is 9.33. The molecule has 3 aromatic carbocycles. The highest BCUT2D eigenvalue weighted by molar-refractivity contribution is 6.08. The van der Waals surface area contributed by atoms with E-state index in [1.807, 2.05) is 59.5 Å². The number of fused-ring (bicyclic) bond motifs is 1. The van der Waals surface area contributed by atoms with Gasteiger partial charge in [0.2, 0.25) is 0 Å². The molecular weight excluding hydrogens is 400 g/mol. The van der Waals surface area contributed by atoms with Gasteiger partial charge in [0.25, 0.3) is 11.6 Å². The predicted octanol–water partition coefficient (Wildman–Crippen LogP) is 6.29. The van der Waals surface area contributed by atoms with Gasteiger partial charge < -0.3 is 4.90 Å². The van der Waals surface area contributed by atoms with Gasteiger partial charge in [-0.05, 0) is 61.6 Å². The third-order valence-electron chi connectivity index (χ3n) is 6.66. The molecule has 0 spiro atoms. The van der Waals surface area contributed by atoms with Crippen molar-refractivity contribution in [1.82, 2.24) is 0 Å². The molecule has 0 N–H and O–H groups in total. The molecule has 0 fully saturated rings. The maximum Gasteiger partial charge on any atom is 0.269 e. The van der Waals surface area contributed by atoms with Crippen molar-refractivity contribution in [1.29, 1.82) is 0 Å². The number of rotatable bonds is 4.